The minimum absolute atomic E-state index is 0.118. The normalized spacial score (nSPS) is 11.8. The van der Waals surface area contributed by atoms with Gasteiger partial charge in [-0.15, -0.1) is 0 Å². The summed E-state index contributed by atoms with van der Waals surface area (Å²) >= 11 is 12.1. The Bertz CT molecular complexity index is 984. The first-order chi connectivity index (χ1) is 13.8. The van der Waals surface area contributed by atoms with E-state index in [1.54, 1.807) is 38.4 Å². The quantitative estimate of drug-likeness (QED) is 0.367. The number of rotatable bonds is 7. The first-order valence-corrected chi connectivity index (χ1v) is 9.38. The smallest absolute Gasteiger partial charge is 0.263 e. The van der Waals surface area contributed by atoms with Gasteiger partial charge < -0.3 is 20.1 Å². The molecule has 0 bridgehead atoms. The fourth-order valence-electron chi connectivity index (χ4n) is 2.50. The van der Waals surface area contributed by atoms with Crippen LogP contribution in [-0.2, 0) is 4.79 Å². The predicted molar refractivity (Wildman–Crippen MR) is 119 cm³/mol. The SMILES string of the molecule is C=C/C=C\C(C(=O)N(C)c1cc(C)ccc1OC)=C(/N)Oc1cc(Cl)ccc1Cl. The van der Waals surface area contributed by atoms with E-state index in [2.05, 4.69) is 6.58 Å². The van der Waals surface area contributed by atoms with E-state index in [0.29, 0.717) is 21.5 Å². The highest BCUT2D eigenvalue weighted by atomic mass is 35.5. The number of likely N-dealkylation sites (N-methyl/N-ethyl adjacent to an activating group) is 1. The molecule has 0 radical (unpaired) electrons. The third-order valence-electron chi connectivity index (χ3n) is 4.01. The second-order valence-electron chi connectivity index (χ2n) is 6.09. The van der Waals surface area contributed by atoms with Crippen LogP contribution in [0.1, 0.15) is 5.56 Å². The molecule has 2 N–H and O–H groups in total. The Labute approximate surface area is 180 Å². The number of amides is 1. The van der Waals surface area contributed by atoms with Gasteiger partial charge in [-0.3, -0.25) is 4.79 Å². The van der Waals surface area contributed by atoms with Gasteiger partial charge in [0.25, 0.3) is 5.91 Å². The molecule has 0 spiro atoms. The highest BCUT2D eigenvalue weighted by molar-refractivity contribution is 6.34. The molecule has 0 saturated heterocycles. The molecule has 0 aliphatic rings. The van der Waals surface area contributed by atoms with E-state index in [1.165, 1.54) is 23.1 Å². The van der Waals surface area contributed by atoms with Crippen molar-refractivity contribution in [2.75, 3.05) is 19.1 Å². The Morgan fingerprint density at radius 3 is 2.55 bits per heavy atom. The molecule has 0 unspecified atom stereocenters. The molecule has 152 valence electrons. The van der Waals surface area contributed by atoms with Crippen LogP contribution in [0, 0.1) is 6.92 Å². The summed E-state index contributed by atoms with van der Waals surface area (Å²) in [5, 5.41) is 0.735. The highest BCUT2D eigenvalue weighted by Gasteiger charge is 2.22. The maximum atomic E-state index is 13.2. The van der Waals surface area contributed by atoms with E-state index in [4.69, 9.17) is 38.4 Å². The number of nitrogens with zero attached hydrogens (tertiary/aromatic N) is 1. The Morgan fingerprint density at radius 2 is 1.90 bits per heavy atom. The van der Waals surface area contributed by atoms with Gasteiger partial charge in [0.05, 0.1) is 23.4 Å². The molecule has 0 aliphatic heterocycles. The lowest BCUT2D eigenvalue weighted by atomic mass is 10.1. The number of halogens is 2. The molecule has 0 aromatic heterocycles. The van der Waals surface area contributed by atoms with Crippen LogP contribution in [-0.4, -0.2) is 20.1 Å². The number of nitrogens with two attached hydrogens (primary N) is 1. The number of methoxy groups -OCH3 is 1. The standard InChI is InChI=1S/C22H22Cl2N2O3/c1-5-6-7-16(21(25)29-20-13-15(23)9-10-17(20)24)22(27)26(3)18-12-14(2)8-11-19(18)28-4/h5-13H,1,25H2,2-4H3/b7-6-,21-16-. The number of ether oxygens (including phenoxy) is 2. The zero-order chi connectivity index (χ0) is 21.6. The Hall–Kier alpha value is -2.89. The van der Waals surface area contributed by atoms with Crippen molar-refractivity contribution < 1.29 is 14.3 Å². The van der Waals surface area contributed by atoms with E-state index >= 15 is 0 Å². The van der Waals surface area contributed by atoms with Crippen LogP contribution in [0.2, 0.25) is 10.0 Å². The summed E-state index contributed by atoms with van der Waals surface area (Å²) in [5.74, 6) is 0.263. The summed E-state index contributed by atoms with van der Waals surface area (Å²) in [6.07, 6.45) is 4.63. The number of benzene rings is 2. The Morgan fingerprint density at radius 1 is 1.17 bits per heavy atom. The first-order valence-electron chi connectivity index (χ1n) is 8.63. The number of allylic oxidation sites excluding steroid dienone is 2. The third kappa shape index (κ3) is 5.56. The van der Waals surface area contributed by atoms with Gasteiger partial charge in [-0.1, -0.05) is 48.0 Å². The summed E-state index contributed by atoms with van der Waals surface area (Å²) < 4.78 is 11.0. The van der Waals surface area contributed by atoms with E-state index in [0.717, 1.165) is 5.56 Å². The van der Waals surface area contributed by atoms with Crippen molar-refractivity contribution in [1.82, 2.24) is 0 Å². The average Bonchev–Trinajstić information content (AvgIpc) is 2.70. The lowest BCUT2D eigenvalue weighted by Crippen LogP contribution is -2.30. The molecule has 2 rings (SSSR count). The summed E-state index contributed by atoms with van der Waals surface area (Å²) in [7, 11) is 3.17. The molecule has 5 nitrogen and oxygen atoms in total. The molecule has 2 aromatic carbocycles. The van der Waals surface area contributed by atoms with Crippen molar-refractivity contribution in [2.24, 2.45) is 5.73 Å². The van der Waals surface area contributed by atoms with Crippen molar-refractivity contribution >= 4 is 34.8 Å². The molecule has 2 aromatic rings. The van der Waals surface area contributed by atoms with Crippen LogP contribution < -0.4 is 20.1 Å². The number of aryl methyl sites for hydroxylation is 1. The van der Waals surface area contributed by atoms with E-state index < -0.39 is 5.91 Å². The second-order valence-corrected chi connectivity index (χ2v) is 6.93. The van der Waals surface area contributed by atoms with Crippen molar-refractivity contribution in [2.45, 2.75) is 6.92 Å². The zero-order valence-electron chi connectivity index (χ0n) is 16.4. The fourth-order valence-corrected chi connectivity index (χ4v) is 2.82. The zero-order valence-corrected chi connectivity index (χ0v) is 17.9. The monoisotopic (exact) mass is 432 g/mol. The number of carbonyl (C=O) groups is 1. The van der Waals surface area contributed by atoms with Crippen LogP contribution in [0.25, 0.3) is 0 Å². The maximum Gasteiger partial charge on any atom is 0.263 e. The summed E-state index contributed by atoms with van der Waals surface area (Å²) in [6, 6.07) is 10.3. The number of anilines is 1. The third-order valence-corrected chi connectivity index (χ3v) is 4.56. The topological polar surface area (TPSA) is 64.8 Å². The van der Waals surface area contributed by atoms with Crippen LogP contribution in [0.15, 0.2) is 72.7 Å². The van der Waals surface area contributed by atoms with Crippen molar-refractivity contribution in [3.8, 4) is 11.5 Å². The number of hydrogen-bond acceptors (Lipinski definition) is 4. The van der Waals surface area contributed by atoms with Gasteiger partial charge in [0.1, 0.15) is 11.5 Å². The maximum absolute atomic E-state index is 13.2. The molecular weight excluding hydrogens is 411 g/mol. The Kier molecular flexibility index (Phi) is 7.76. The molecule has 0 heterocycles. The molecule has 1 amide bonds. The van der Waals surface area contributed by atoms with Crippen molar-refractivity contribution in [1.29, 1.82) is 0 Å². The van der Waals surface area contributed by atoms with Crippen LogP contribution in [0.3, 0.4) is 0 Å². The molecule has 7 heteroatoms. The summed E-state index contributed by atoms with van der Waals surface area (Å²) in [6.45, 7) is 5.55. The average molecular weight is 433 g/mol. The summed E-state index contributed by atoms with van der Waals surface area (Å²) in [4.78, 5) is 14.7. The second kappa shape index (κ2) is 10.0. The van der Waals surface area contributed by atoms with E-state index in [9.17, 15) is 4.79 Å². The molecule has 0 saturated carbocycles. The van der Waals surface area contributed by atoms with Gasteiger partial charge in [0, 0.05) is 18.1 Å². The van der Waals surface area contributed by atoms with Crippen LogP contribution in [0.4, 0.5) is 5.69 Å². The molecule has 29 heavy (non-hydrogen) atoms. The van der Waals surface area contributed by atoms with Crippen LogP contribution in [0.5, 0.6) is 11.5 Å². The molecule has 0 fully saturated rings. The van der Waals surface area contributed by atoms with Gasteiger partial charge >= 0.3 is 0 Å². The predicted octanol–water partition coefficient (Wildman–Crippen LogP) is 5.26. The minimum atomic E-state index is -0.400. The van der Waals surface area contributed by atoms with E-state index in [1.807, 2.05) is 19.1 Å². The number of carbonyl (C=O) groups excluding carboxylic acids is 1. The van der Waals surface area contributed by atoms with Gasteiger partial charge in [-0.2, -0.15) is 0 Å². The van der Waals surface area contributed by atoms with Gasteiger partial charge in [0.2, 0.25) is 5.88 Å². The fraction of sp³-hybridized carbons (Fsp3) is 0.136. The van der Waals surface area contributed by atoms with Crippen molar-refractivity contribution in [3.63, 3.8) is 0 Å². The van der Waals surface area contributed by atoms with Crippen molar-refractivity contribution in [3.05, 3.63) is 88.3 Å². The lowest BCUT2D eigenvalue weighted by Gasteiger charge is -2.22. The van der Waals surface area contributed by atoms with Gasteiger partial charge in [0.15, 0.2) is 0 Å². The first kappa shape index (κ1) is 22.4. The van der Waals surface area contributed by atoms with Gasteiger partial charge in [-0.05, 0) is 42.8 Å². The largest absolute Gasteiger partial charge is 0.495 e. The molecular formula is C22H22Cl2N2O3. The summed E-state index contributed by atoms with van der Waals surface area (Å²) in [5.41, 5.74) is 7.80. The van der Waals surface area contributed by atoms with E-state index in [-0.39, 0.29) is 17.2 Å². The lowest BCUT2D eigenvalue weighted by molar-refractivity contribution is -0.114. The molecule has 0 aliphatic carbocycles. The Balaban J connectivity index is 2.48. The minimum Gasteiger partial charge on any atom is -0.495 e. The number of hydrogen-bond donors (Lipinski definition) is 1. The highest BCUT2D eigenvalue weighted by Crippen LogP contribution is 2.31. The molecule has 0 atom stereocenters. The van der Waals surface area contributed by atoms with Gasteiger partial charge in [-0.25, -0.2) is 0 Å². The van der Waals surface area contributed by atoms with Crippen LogP contribution >= 0.6 is 23.2 Å².